The molecular weight excluding hydrogens is 301 g/mol. The van der Waals surface area contributed by atoms with Gasteiger partial charge in [0, 0.05) is 6.54 Å². The van der Waals surface area contributed by atoms with Crippen molar-refractivity contribution in [2.75, 3.05) is 26.2 Å². The smallest absolute Gasteiger partial charge is 0.179 e. The maximum Gasteiger partial charge on any atom is 0.179 e. The lowest BCUT2D eigenvalue weighted by molar-refractivity contribution is 0.0742. The summed E-state index contributed by atoms with van der Waals surface area (Å²) in [5.41, 5.74) is 0. The van der Waals surface area contributed by atoms with Crippen molar-refractivity contribution in [2.45, 2.75) is 18.9 Å². The Hall–Kier alpha value is -0.650. The van der Waals surface area contributed by atoms with Gasteiger partial charge in [0.2, 0.25) is 0 Å². The fourth-order valence-electron chi connectivity index (χ4n) is 2.10. The second kappa shape index (κ2) is 6.50. The Kier molecular flexibility index (Phi) is 4.97. The molecule has 1 saturated heterocycles. The minimum absolute atomic E-state index is 0.115. The van der Waals surface area contributed by atoms with Gasteiger partial charge in [-0.05, 0) is 54.0 Å². The maximum atomic E-state index is 13.6. The van der Waals surface area contributed by atoms with Crippen molar-refractivity contribution in [1.82, 2.24) is 4.90 Å². The molecule has 0 bridgehead atoms. The van der Waals surface area contributed by atoms with Gasteiger partial charge >= 0.3 is 0 Å². The zero-order valence-electron chi connectivity index (χ0n) is 10.1. The summed E-state index contributed by atoms with van der Waals surface area (Å²) >= 11 is 3.10. The fraction of sp³-hybridized carbons (Fsp3) is 0.538. The lowest BCUT2D eigenvalue weighted by Crippen LogP contribution is -2.33. The quantitative estimate of drug-likeness (QED) is 0.905. The molecule has 0 aliphatic carbocycles. The third-order valence-corrected chi connectivity index (χ3v) is 3.63. The standard InChI is InChI=1S/C13H17BrFNO2/c14-11-4-3-5-12(13(11)15)18-9-10(17)8-16-6-1-2-7-16/h3-5,10,17H,1-2,6-9H2. The van der Waals surface area contributed by atoms with Crippen molar-refractivity contribution >= 4 is 15.9 Å². The molecule has 2 rings (SSSR count). The van der Waals surface area contributed by atoms with Crippen LogP contribution in [0.15, 0.2) is 22.7 Å². The summed E-state index contributed by atoms with van der Waals surface area (Å²) in [6.45, 7) is 2.77. The van der Waals surface area contributed by atoms with Gasteiger partial charge < -0.3 is 14.7 Å². The van der Waals surface area contributed by atoms with Gasteiger partial charge in [-0.2, -0.15) is 0 Å². The van der Waals surface area contributed by atoms with Gasteiger partial charge in [-0.3, -0.25) is 0 Å². The molecule has 1 fully saturated rings. The molecule has 0 spiro atoms. The van der Waals surface area contributed by atoms with Gasteiger partial charge in [0.1, 0.15) is 12.7 Å². The highest BCUT2D eigenvalue weighted by Gasteiger charge is 2.16. The molecule has 1 atom stereocenters. The van der Waals surface area contributed by atoms with Crippen LogP contribution in [-0.4, -0.2) is 42.4 Å². The lowest BCUT2D eigenvalue weighted by atomic mass is 10.3. The van der Waals surface area contributed by atoms with Crippen LogP contribution in [0.4, 0.5) is 4.39 Å². The van der Waals surface area contributed by atoms with Crippen LogP contribution in [0.2, 0.25) is 0 Å². The van der Waals surface area contributed by atoms with Crippen LogP contribution in [0, 0.1) is 5.82 Å². The number of hydrogen-bond acceptors (Lipinski definition) is 3. The fourth-order valence-corrected chi connectivity index (χ4v) is 2.45. The number of aliphatic hydroxyl groups is 1. The molecule has 18 heavy (non-hydrogen) atoms. The number of ether oxygens (including phenoxy) is 1. The Labute approximate surface area is 115 Å². The normalized spacial score (nSPS) is 17.9. The topological polar surface area (TPSA) is 32.7 Å². The first-order valence-corrected chi connectivity index (χ1v) is 6.93. The predicted octanol–water partition coefficient (Wildman–Crippen LogP) is 2.42. The van der Waals surface area contributed by atoms with Crippen LogP contribution in [0.25, 0.3) is 0 Å². The molecule has 0 aromatic heterocycles. The highest BCUT2D eigenvalue weighted by molar-refractivity contribution is 9.10. The van der Waals surface area contributed by atoms with Crippen LogP contribution in [0.3, 0.4) is 0 Å². The first-order chi connectivity index (χ1) is 8.66. The first-order valence-electron chi connectivity index (χ1n) is 6.14. The third-order valence-electron chi connectivity index (χ3n) is 3.02. The van der Waals surface area contributed by atoms with Crippen molar-refractivity contribution < 1.29 is 14.2 Å². The SMILES string of the molecule is OC(COc1cccc(Br)c1F)CN1CCCC1. The van der Waals surface area contributed by atoms with Crippen molar-refractivity contribution in [1.29, 1.82) is 0 Å². The lowest BCUT2D eigenvalue weighted by Gasteiger charge is -2.19. The number of likely N-dealkylation sites (tertiary alicyclic amines) is 1. The molecular formula is C13H17BrFNO2. The number of nitrogens with zero attached hydrogens (tertiary/aromatic N) is 1. The molecule has 0 radical (unpaired) electrons. The van der Waals surface area contributed by atoms with Gasteiger partial charge in [-0.1, -0.05) is 6.07 Å². The van der Waals surface area contributed by atoms with E-state index in [1.807, 2.05) is 0 Å². The summed E-state index contributed by atoms with van der Waals surface area (Å²) in [4.78, 5) is 2.20. The summed E-state index contributed by atoms with van der Waals surface area (Å²) in [7, 11) is 0. The highest BCUT2D eigenvalue weighted by atomic mass is 79.9. The molecule has 100 valence electrons. The van der Waals surface area contributed by atoms with Crippen LogP contribution < -0.4 is 4.74 Å². The average molecular weight is 318 g/mol. The summed E-state index contributed by atoms with van der Waals surface area (Å²) in [5, 5.41) is 9.83. The van der Waals surface area contributed by atoms with Crippen LogP contribution in [-0.2, 0) is 0 Å². The van der Waals surface area contributed by atoms with E-state index in [4.69, 9.17) is 4.74 Å². The monoisotopic (exact) mass is 317 g/mol. The van der Waals surface area contributed by atoms with E-state index in [1.165, 1.54) is 12.8 Å². The van der Waals surface area contributed by atoms with Crippen molar-refractivity contribution in [3.05, 3.63) is 28.5 Å². The molecule has 1 N–H and O–H groups in total. The molecule has 1 aromatic carbocycles. The Morgan fingerprint density at radius 1 is 1.39 bits per heavy atom. The highest BCUT2D eigenvalue weighted by Crippen LogP contribution is 2.24. The maximum absolute atomic E-state index is 13.6. The largest absolute Gasteiger partial charge is 0.488 e. The molecule has 1 aromatic rings. The van der Waals surface area contributed by atoms with E-state index in [0.717, 1.165) is 13.1 Å². The molecule has 0 amide bonds. The summed E-state index contributed by atoms with van der Waals surface area (Å²) < 4.78 is 19.3. The van der Waals surface area contributed by atoms with E-state index < -0.39 is 11.9 Å². The molecule has 3 nitrogen and oxygen atoms in total. The summed E-state index contributed by atoms with van der Waals surface area (Å²) in [6.07, 6.45) is 1.79. The third kappa shape index (κ3) is 3.67. The number of hydrogen-bond donors (Lipinski definition) is 1. The molecule has 1 aliphatic heterocycles. The average Bonchev–Trinajstić information content (AvgIpc) is 2.84. The number of aliphatic hydroxyl groups excluding tert-OH is 1. The molecule has 1 unspecified atom stereocenters. The summed E-state index contributed by atoms with van der Waals surface area (Å²) in [5.74, 6) is -0.254. The Balaban J connectivity index is 1.81. The van der Waals surface area contributed by atoms with Gasteiger partial charge in [-0.25, -0.2) is 4.39 Å². The van der Waals surface area contributed by atoms with Gasteiger partial charge in [0.05, 0.1) is 4.47 Å². The number of benzene rings is 1. The van der Waals surface area contributed by atoms with Gasteiger partial charge in [-0.15, -0.1) is 0 Å². The number of halogens is 2. The minimum Gasteiger partial charge on any atom is -0.488 e. The van der Waals surface area contributed by atoms with Gasteiger partial charge in [0.15, 0.2) is 11.6 Å². The molecule has 1 aliphatic rings. The van der Waals surface area contributed by atoms with E-state index >= 15 is 0 Å². The van der Waals surface area contributed by atoms with E-state index in [2.05, 4.69) is 20.8 Å². The molecule has 5 heteroatoms. The van der Waals surface area contributed by atoms with Crippen LogP contribution in [0.1, 0.15) is 12.8 Å². The van der Waals surface area contributed by atoms with E-state index in [-0.39, 0.29) is 12.4 Å². The first kappa shape index (κ1) is 13.8. The second-order valence-electron chi connectivity index (χ2n) is 4.52. The number of rotatable bonds is 5. The zero-order valence-corrected chi connectivity index (χ0v) is 11.7. The summed E-state index contributed by atoms with van der Waals surface area (Å²) in [6, 6.07) is 4.88. The van der Waals surface area contributed by atoms with Crippen molar-refractivity contribution in [3.63, 3.8) is 0 Å². The Morgan fingerprint density at radius 2 is 2.11 bits per heavy atom. The van der Waals surface area contributed by atoms with Crippen LogP contribution >= 0.6 is 15.9 Å². The minimum atomic E-state index is -0.582. The van der Waals surface area contributed by atoms with E-state index in [1.54, 1.807) is 18.2 Å². The van der Waals surface area contributed by atoms with Crippen LogP contribution in [0.5, 0.6) is 5.75 Å². The second-order valence-corrected chi connectivity index (χ2v) is 5.38. The van der Waals surface area contributed by atoms with Crippen molar-refractivity contribution in [2.24, 2.45) is 0 Å². The van der Waals surface area contributed by atoms with E-state index in [9.17, 15) is 9.50 Å². The predicted molar refractivity (Wildman–Crippen MR) is 71.3 cm³/mol. The molecule has 1 heterocycles. The number of β-amino-alcohol motifs (C(OH)–C–C–N with tert-alkyl or cyclic N) is 1. The molecule has 0 saturated carbocycles. The van der Waals surface area contributed by atoms with E-state index in [0.29, 0.717) is 11.0 Å². The zero-order chi connectivity index (χ0) is 13.0. The Bertz CT molecular complexity index is 397. The van der Waals surface area contributed by atoms with Gasteiger partial charge in [0.25, 0.3) is 0 Å². The van der Waals surface area contributed by atoms with Crippen molar-refractivity contribution in [3.8, 4) is 5.75 Å². The Morgan fingerprint density at radius 3 is 2.83 bits per heavy atom.